The predicted molar refractivity (Wildman–Crippen MR) is 110 cm³/mol. The standard InChI is InChI=1S/C22H19N3O4/c26-22(24-23-15-18-10-12-20(13-11-18)25(27)28)16-29-21-9-5-4-8-19(21)14-17-6-2-1-3-7-17/h1-13,15H,14,16H2,(H,24,26)/b23-15-. The van der Waals surface area contributed by atoms with Crippen LogP contribution in [0.2, 0.25) is 0 Å². The first-order valence-corrected chi connectivity index (χ1v) is 8.93. The number of amides is 1. The Bertz CT molecular complexity index is 1000. The number of benzene rings is 3. The molecule has 3 aromatic rings. The number of nitro groups is 1. The van der Waals surface area contributed by atoms with Crippen LogP contribution in [0.3, 0.4) is 0 Å². The van der Waals surface area contributed by atoms with E-state index < -0.39 is 10.8 Å². The Kier molecular flexibility index (Phi) is 6.67. The molecule has 0 heterocycles. The summed E-state index contributed by atoms with van der Waals surface area (Å²) in [7, 11) is 0. The van der Waals surface area contributed by atoms with E-state index >= 15 is 0 Å². The van der Waals surface area contributed by atoms with E-state index in [4.69, 9.17) is 4.74 Å². The molecule has 0 aromatic heterocycles. The number of nitrogens with one attached hydrogen (secondary N) is 1. The molecule has 1 amide bonds. The van der Waals surface area contributed by atoms with Crippen molar-refractivity contribution in [1.29, 1.82) is 0 Å². The zero-order chi connectivity index (χ0) is 20.5. The number of hydrazone groups is 1. The van der Waals surface area contributed by atoms with Crippen molar-refractivity contribution in [2.45, 2.75) is 6.42 Å². The van der Waals surface area contributed by atoms with Crippen LogP contribution in [0.15, 0.2) is 84.0 Å². The normalized spacial score (nSPS) is 10.6. The number of nitro benzene ring substituents is 1. The van der Waals surface area contributed by atoms with Crippen LogP contribution in [0.1, 0.15) is 16.7 Å². The van der Waals surface area contributed by atoms with Crippen molar-refractivity contribution >= 4 is 17.8 Å². The molecule has 0 spiro atoms. The first kappa shape index (κ1) is 19.8. The molecule has 0 bridgehead atoms. The molecule has 0 saturated carbocycles. The summed E-state index contributed by atoms with van der Waals surface area (Å²) in [4.78, 5) is 22.1. The van der Waals surface area contributed by atoms with E-state index in [2.05, 4.69) is 10.5 Å². The SMILES string of the molecule is O=C(COc1ccccc1Cc1ccccc1)N/N=C\c1ccc([N+](=O)[O-])cc1. The first-order chi connectivity index (χ1) is 14.1. The maximum absolute atomic E-state index is 12.0. The van der Waals surface area contributed by atoms with Gasteiger partial charge < -0.3 is 4.74 Å². The Morgan fingerprint density at radius 2 is 1.69 bits per heavy atom. The van der Waals surface area contributed by atoms with Crippen molar-refractivity contribution in [3.05, 3.63) is 106 Å². The number of hydrogen-bond acceptors (Lipinski definition) is 5. The molecule has 0 fully saturated rings. The molecule has 0 radical (unpaired) electrons. The maximum Gasteiger partial charge on any atom is 0.277 e. The number of carbonyl (C=O) groups is 1. The van der Waals surface area contributed by atoms with Gasteiger partial charge in [0.25, 0.3) is 11.6 Å². The zero-order valence-corrected chi connectivity index (χ0v) is 15.5. The number of ether oxygens (including phenoxy) is 1. The molecular formula is C22H19N3O4. The number of rotatable bonds is 8. The fraction of sp³-hybridized carbons (Fsp3) is 0.0909. The molecule has 0 aliphatic carbocycles. The van der Waals surface area contributed by atoms with Gasteiger partial charge in [-0.15, -0.1) is 0 Å². The number of carbonyl (C=O) groups excluding carboxylic acids is 1. The smallest absolute Gasteiger partial charge is 0.277 e. The van der Waals surface area contributed by atoms with Gasteiger partial charge in [0, 0.05) is 18.6 Å². The summed E-state index contributed by atoms with van der Waals surface area (Å²) in [5, 5.41) is 14.5. The predicted octanol–water partition coefficient (Wildman–Crippen LogP) is 3.71. The van der Waals surface area contributed by atoms with Crippen LogP contribution in [0.25, 0.3) is 0 Å². The number of hydrogen-bond donors (Lipinski definition) is 1. The van der Waals surface area contributed by atoms with E-state index in [0.29, 0.717) is 17.7 Å². The van der Waals surface area contributed by atoms with Gasteiger partial charge >= 0.3 is 0 Å². The molecular weight excluding hydrogens is 370 g/mol. The average Bonchev–Trinajstić information content (AvgIpc) is 2.74. The molecule has 0 aliphatic rings. The van der Waals surface area contributed by atoms with Crippen LogP contribution in [-0.4, -0.2) is 23.7 Å². The lowest BCUT2D eigenvalue weighted by molar-refractivity contribution is -0.384. The summed E-state index contributed by atoms with van der Waals surface area (Å²) in [6.45, 7) is -0.177. The number of non-ortho nitro benzene ring substituents is 1. The van der Waals surface area contributed by atoms with Crippen molar-refractivity contribution < 1.29 is 14.5 Å². The van der Waals surface area contributed by atoms with Crippen LogP contribution in [0, 0.1) is 10.1 Å². The second kappa shape index (κ2) is 9.80. The van der Waals surface area contributed by atoms with Crippen LogP contribution >= 0.6 is 0 Å². The highest BCUT2D eigenvalue weighted by molar-refractivity contribution is 5.83. The summed E-state index contributed by atoms with van der Waals surface area (Å²) in [5.41, 5.74) is 5.14. The molecule has 7 heteroatoms. The second-order valence-electron chi connectivity index (χ2n) is 6.20. The molecule has 0 saturated heterocycles. The topological polar surface area (TPSA) is 93.8 Å². The lowest BCUT2D eigenvalue weighted by Crippen LogP contribution is -2.24. The quantitative estimate of drug-likeness (QED) is 0.361. The third-order valence-electron chi connectivity index (χ3n) is 4.08. The van der Waals surface area contributed by atoms with Gasteiger partial charge in [-0.25, -0.2) is 5.43 Å². The first-order valence-electron chi connectivity index (χ1n) is 8.93. The highest BCUT2D eigenvalue weighted by atomic mass is 16.6. The Balaban J connectivity index is 1.52. The third-order valence-corrected chi connectivity index (χ3v) is 4.08. The van der Waals surface area contributed by atoms with Gasteiger partial charge in [0.15, 0.2) is 6.61 Å². The monoisotopic (exact) mass is 389 g/mol. The molecule has 0 unspecified atom stereocenters. The Hall–Kier alpha value is -4.00. The van der Waals surface area contributed by atoms with E-state index in [1.165, 1.54) is 18.3 Å². The molecule has 29 heavy (non-hydrogen) atoms. The van der Waals surface area contributed by atoms with E-state index in [-0.39, 0.29) is 12.3 Å². The molecule has 0 atom stereocenters. The minimum absolute atomic E-state index is 0.00578. The van der Waals surface area contributed by atoms with Crippen LogP contribution in [0.4, 0.5) is 5.69 Å². The minimum Gasteiger partial charge on any atom is -0.483 e. The van der Waals surface area contributed by atoms with Gasteiger partial charge in [-0.1, -0.05) is 48.5 Å². The molecule has 7 nitrogen and oxygen atoms in total. The fourth-order valence-corrected chi connectivity index (χ4v) is 2.64. The van der Waals surface area contributed by atoms with Crippen molar-refractivity contribution in [3.8, 4) is 5.75 Å². The highest BCUT2D eigenvalue weighted by Gasteiger charge is 2.07. The minimum atomic E-state index is -0.477. The van der Waals surface area contributed by atoms with E-state index in [1.54, 1.807) is 12.1 Å². The molecule has 3 rings (SSSR count). The summed E-state index contributed by atoms with van der Waals surface area (Å²) < 4.78 is 5.66. The highest BCUT2D eigenvalue weighted by Crippen LogP contribution is 2.21. The van der Waals surface area contributed by atoms with Gasteiger partial charge in [0.2, 0.25) is 0 Å². The summed E-state index contributed by atoms with van der Waals surface area (Å²) in [5.74, 6) is 0.239. The zero-order valence-electron chi connectivity index (χ0n) is 15.5. The van der Waals surface area contributed by atoms with Gasteiger partial charge in [0.05, 0.1) is 11.1 Å². The van der Waals surface area contributed by atoms with Crippen LogP contribution < -0.4 is 10.2 Å². The second-order valence-corrected chi connectivity index (χ2v) is 6.20. The van der Waals surface area contributed by atoms with Crippen LogP contribution in [0.5, 0.6) is 5.75 Å². The van der Waals surface area contributed by atoms with Gasteiger partial charge in [-0.2, -0.15) is 5.10 Å². The molecule has 0 aliphatic heterocycles. The Morgan fingerprint density at radius 3 is 2.41 bits per heavy atom. The average molecular weight is 389 g/mol. The number of nitrogens with zero attached hydrogens (tertiary/aromatic N) is 2. The van der Waals surface area contributed by atoms with Gasteiger partial charge in [-0.05, 0) is 34.9 Å². The van der Waals surface area contributed by atoms with E-state index in [9.17, 15) is 14.9 Å². The Morgan fingerprint density at radius 1 is 1.00 bits per heavy atom. The van der Waals surface area contributed by atoms with Gasteiger partial charge in [-0.3, -0.25) is 14.9 Å². The lowest BCUT2D eigenvalue weighted by Gasteiger charge is -2.11. The number of para-hydroxylation sites is 1. The molecule has 3 aromatic carbocycles. The van der Waals surface area contributed by atoms with Crippen LogP contribution in [-0.2, 0) is 11.2 Å². The van der Waals surface area contributed by atoms with E-state index in [0.717, 1.165) is 11.1 Å². The van der Waals surface area contributed by atoms with Gasteiger partial charge in [0.1, 0.15) is 5.75 Å². The molecule has 146 valence electrons. The summed E-state index contributed by atoms with van der Waals surface area (Å²) in [6, 6.07) is 23.4. The lowest BCUT2D eigenvalue weighted by atomic mass is 10.0. The molecule has 1 N–H and O–H groups in total. The third kappa shape index (κ3) is 6.00. The summed E-state index contributed by atoms with van der Waals surface area (Å²) in [6.07, 6.45) is 2.11. The van der Waals surface area contributed by atoms with Crippen molar-refractivity contribution in [2.75, 3.05) is 6.61 Å². The van der Waals surface area contributed by atoms with Crippen molar-refractivity contribution in [2.24, 2.45) is 5.10 Å². The largest absolute Gasteiger partial charge is 0.483 e. The maximum atomic E-state index is 12.0. The fourth-order valence-electron chi connectivity index (χ4n) is 2.64. The Labute approximate surface area is 167 Å². The van der Waals surface area contributed by atoms with E-state index in [1.807, 2.05) is 54.6 Å². The summed E-state index contributed by atoms with van der Waals surface area (Å²) >= 11 is 0. The van der Waals surface area contributed by atoms with Crippen molar-refractivity contribution in [3.63, 3.8) is 0 Å². The van der Waals surface area contributed by atoms with Crippen molar-refractivity contribution in [1.82, 2.24) is 5.43 Å².